The average molecular weight is 485 g/mol. The van der Waals surface area contributed by atoms with Crippen LogP contribution in [0.2, 0.25) is 5.02 Å². The van der Waals surface area contributed by atoms with E-state index in [0.717, 1.165) is 11.5 Å². The molecule has 0 saturated carbocycles. The van der Waals surface area contributed by atoms with Crippen LogP contribution in [0.1, 0.15) is 12.7 Å². The lowest BCUT2D eigenvalue weighted by Gasteiger charge is -2.13. The molecular weight excluding hydrogens is 468 g/mol. The molecule has 1 heterocycles. The third-order valence-corrected chi connectivity index (χ3v) is 6.44. The topological polar surface area (TPSA) is 127 Å². The van der Waals surface area contributed by atoms with Crippen LogP contribution in [0, 0.1) is 10.1 Å². The number of furan rings is 1. The first-order chi connectivity index (χ1) is 15.7. The van der Waals surface area contributed by atoms with Gasteiger partial charge in [0, 0.05) is 17.5 Å². The fourth-order valence-electron chi connectivity index (χ4n) is 3.04. The SMILES string of the molecule is CC(=NNc1ccc([N+](=O)[O-])cc1S(=O)(=O)Nc1ccccc1Cl)c1cc2ccccc2o1. The third-order valence-electron chi connectivity index (χ3n) is 4.71. The van der Waals surface area contributed by atoms with Crippen LogP contribution < -0.4 is 10.1 Å². The van der Waals surface area contributed by atoms with Crippen LogP contribution in [0.5, 0.6) is 0 Å². The highest BCUT2D eigenvalue weighted by molar-refractivity contribution is 7.93. The normalized spacial score (nSPS) is 12.0. The van der Waals surface area contributed by atoms with Gasteiger partial charge in [-0.05, 0) is 37.3 Å². The number of halogens is 1. The number of fused-ring (bicyclic) bond motifs is 1. The summed E-state index contributed by atoms with van der Waals surface area (Å²) in [4.78, 5) is 10.2. The highest BCUT2D eigenvalue weighted by Crippen LogP contribution is 2.30. The van der Waals surface area contributed by atoms with Crippen molar-refractivity contribution in [3.63, 3.8) is 0 Å². The second kappa shape index (κ2) is 8.93. The molecule has 2 N–H and O–H groups in total. The van der Waals surface area contributed by atoms with Crippen molar-refractivity contribution in [2.45, 2.75) is 11.8 Å². The number of hydrogen-bond acceptors (Lipinski definition) is 7. The number of anilines is 2. The van der Waals surface area contributed by atoms with Gasteiger partial charge in [0.2, 0.25) is 0 Å². The molecule has 0 bridgehead atoms. The van der Waals surface area contributed by atoms with E-state index in [1.165, 1.54) is 24.3 Å². The first-order valence-corrected chi connectivity index (χ1v) is 11.5. The highest BCUT2D eigenvalue weighted by Gasteiger charge is 2.23. The number of nitrogens with zero attached hydrogens (tertiary/aromatic N) is 2. The summed E-state index contributed by atoms with van der Waals surface area (Å²) in [6.07, 6.45) is 0. The van der Waals surface area contributed by atoms with Gasteiger partial charge in [0.05, 0.1) is 21.3 Å². The molecule has 0 atom stereocenters. The zero-order chi connectivity index (χ0) is 23.6. The van der Waals surface area contributed by atoms with Crippen molar-refractivity contribution in [2.24, 2.45) is 5.10 Å². The zero-order valence-electron chi connectivity index (χ0n) is 17.2. The number of hydrogen-bond donors (Lipinski definition) is 2. The number of non-ortho nitro benzene ring substituents is 1. The first kappa shape index (κ1) is 22.3. The van der Waals surface area contributed by atoms with Crippen LogP contribution in [0.4, 0.5) is 17.1 Å². The first-order valence-electron chi connectivity index (χ1n) is 9.59. The van der Waals surface area contributed by atoms with Crippen molar-refractivity contribution in [2.75, 3.05) is 10.1 Å². The fourth-order valence-corrected chi connectivity index (χ4v) is 4.54. The van der Waals surface area contributed by atoms with Gasteiger partial charge < -0.3 is 4.42 Å². The van der Waals surface area contributed by atoms with E-state index < -0.39 is 20.6 Å². The Morgan fingerprint density at radius 2 is 1.76 bits per heavy atom. The van der Waals surface area contributed by atoms with Crippen molar-refractivity contribution < 1.29 is 17.8 Å². The van der Waals surface area contributed by atoms with Crippen LogP contribution in [0.25, 0.3) is 11.0 Å². The second-order valence-corrected chi connectivity index (χ2v) is 9.04. The number of nitro groups is 1. The standard InChI is InChI=1S/C22H17ClN4O5S/c1-14(21-12-15-6-2-5-9-20(15)32-21)24-25-19-11-10-16(27(28)29)13-22(19)33(30,31)26-18-8-4-3-7-17(18)23/h2-13,25-26H,1H3. The van der Waals surface area contributed by atoms with Crippen LogP contribution in [0.15, 0.2) is 87.2 Å². The van der Waals surface area contributed by atoms with Gasteiger partial charge in [-0.3, -0.25) is 20.3 Å². The summed E-state index contributed by atoms with van der Waals surface area (Å²) >= 11 is 6.06. The van der Waals surface area contributed by atoms with E-state index in [0.29, 0.717) is 17.1 Å². The Morgan fingerprint density at radius 3 is 2.48 bits per heavy atom. The Balaban J connectivity index is 1.70. The van der Waals surface area contributed by atoms with Gasteiger partial charge in [0.25, 0.3) is 15.7 Å². The molecule has 4 rings (SSSR count). The molecule has 0 fully saturated rings. The van der Waals surface area contributed by atoms with Gasteiger partial charge in [-0.15, -0.1) is 0 Å². The number of nitro benzene ring substituents is 1. The molecule has 0 aliphatic carbocycles. The fraction of sp³-hybridized carbons (Fsp3) is 0.0455. The summed E-state index contributed by atoms with van der Waals surface area (Å²) in [5.41, 5.74) is 3.60. The predicted molar refractivity (Wildman–Crippen MR) is 127 cm³/mol. The van der Waals surface area contributed by atoms with Gasteiger partial charge in [-0.2, -0.15) is 5.10 Å². The van der Waals surface area contributed by atoms with E-state index in [2.05, 4.69) is 15.2 Å². The van der Waals surface area contributed by atoms with Crippen molar-refractivity contribution >= 4 is 55.4 Å². The molecule has 4 aromatic rings. The Morgan fingerprint density at radius 1 is 1.03 bits per heavy atom. The lowest BCUT2D eigenvalue weighted by molar-refractivity contribution is -0.385. The van der Waals surface area contributed by atoms with Gasteiger partial charge in [-0.25, -0.2) is 8.42 Å². The van der Waals surface area contributed by atoms with E-state index in [1.54, 1.807) is 19.1 Å². The van der Waals surface area contributed by atoms with E-state index in [-0.39, 0.29) is 21.3 Å². The number of para-hydroxylation sites is 2. The molecule has 33 heavy (non-hydrogen) atoms. The minimum absolute atomic E-state index is 0.0376. The third kappa shape index (κ3) is 4.81. The van der Waals surface area contributed by atoms with Crippen molar-refractivity contribution in [3.8, 4) is 0 Å². The van der Waals surface area contributed by atoms with Crippen molar-refractivity contribution in [1.29, 1.82) is 0 Å². The van der Waals surface area contributed by atoms with Crippen molar-refractivity contribution in [3.05, 3.63) is 93.7 Å². The average Bonchev–Trinajstić information content (AvgIpc) is 3.23. The molecule has 1 aromatic heterocycles. The number of rotatable bonds is 7. The molecule has 168 valence electrons. The molecule has 11 heteroatoms. The van der Waals surface area contributed by atoms with E-state index >= 15 is 0 Å². The molecular formula is C22H17ClN4O5S. The van der Waals surface area contributed by atoms with Crippen LogP contribution in [-0.2, 0) is 10.0 Å². The molecule has 0 aliphatic rings. The van der Waals surface area contributed by atoms with Gasteiger partial charge in [-0.1, -0.05) is 41.9 Å². The van der Waals surface area contributed by atoms with Gasteiger partial charge in [0.1, 0.15) is 16.2 Å². The Hall–Kier alpha value is -3.89. The predicted octanol–water partition coefficient (Wildman–Crippen LogP) is 5.63. The number of sulfonamides is 1. The minimum atomic E-state index is -4.25. The van der Waals surface area contributed by atoms with Crippen LogP contribution in [-0.4, -0.2) is 19.1 Å². The van der Waals surface area contributed by atoms with Crippen molar-refractivity contribution in [1.82, 2.24) is 0 Å². The Labute approximate surface area is 193 Å². The lowest BCUT2D eigenvalue weighted by atomic mass is 10.2. The lowest BCUT2D eigenvalue weighted by Crippen LogP contribution is -2.15. The van der Waals surface area contributed by atoms with Crippen LogP contribution >= 0.6 is 11.6 Å². The summed E-state index contributed by atoms with van der Waals surface area (Å²) in [5, 5.41) is 16.5. The maximum absolute atomic E-state index is 13.1. The molecule has 0 radical (unpaired) electrons. The number of benzene rings is 3. The maximum Gasteiger partial charge on any atom is 0.270 e. The zero-order valence-corrected chi connectivity index (χ0v) is 18.7. The summed E-state index contributed by atoms with van der Waals surface area (Å²) < 4.78 is 34.3. The molecule has 0 amide bonds. The molecule has 9 nitrogen and oxygen atoms in total. The molecule has 0 saturated heterocycles. The smallest absolute Gasteiger partial charge is 0.270 e. The maximum atomic E-state index is 13.1. The molecule has 0 unspecified atom stereocenters. The largest absolute Gasteiger partial charge is 0.455 e. The number of hydrazone groups is 1. The summed E-state index contributed by atoms with van der Waals surface area (Å²) in [5.74, 6) is 0.490. The molecule has 0 aliphatic heterocycles. The van der Waals surface area contributed by atoms with Gasteiger partial charge in [0.15, 0.2) is 5.76 Å². The summed E-state index contributed by atoms with van der Waals surface area (Å²) in [6.45, 7) is 1.69. The Bertz CT molecular complexity index is 1460. The van der Waals surface area contributed by atoms with E-state index in [1.807, 2.05) is 30.3 Å². The summed E-state index contributed by atoms with van der Waals surface area (Å²) in [6, 6.07) is 18.9. The second-order valence-electron chi connectivity index (χ2n) is 6.98. The summed E-state index contributed by atoms with van der Waals surface area (Å²) in [7, 11) is -4.25. The molecule has 0 spiro atoms. The monoisotopic (exact) mass is 484 g/mol. The van der Waals surface area contributed by atoms with E-state index in [4.69, 9.17) is 16.0 Å². The molecule has 3 aromatic carbocycles. The minimum Gasteiger partial charge on any atom is -0.455 e. The quantitative estimate of drug-likeness (QED) is 0.199. The van der Waals surface area contributed by atoms with Gasteiger partial charge >= 0.3 is 0 Å². The Kier molecular flexibility index (Phi) is 6.03. The van der Waals surface area contributed by atoms with E-state index in [9.17, 15) is 18.5 Å². The number of nitrogens with one attached hydrogen (secondary N) is 2. The highest BCUT2D eigenvalue weighted by atomic mass is 35.5. The van der Waals surface area contributed by atoms with Crippen LogP contribution in [0.3, 0.4) is 0 Å².